The topological polar surface area (TPSA) is 14.1 Å². The van der Waals surface area contributed by atoms with Gasteiger partial charge in [0.1, 0.15) is 0 Å². The highest BCUT2D eigenvalue weighted by Gasteiger charge is 1.97. The first-order valence-corrected chi connectivity index (χ1v) is 3.22. The molecule has 9 heavy (non-hydrogen) atoms. The van der Waals surface area contributed by atoms with Gasteiger partial charge in [0, 0.05) is 26.0 Å². The number of hydrogen-bond acceptors (Lipinski definition) is 0. The summed E-state index contributed by atoms with van der Waals surface area (Å²) in [5.74, 6) is 0. The van der Waals surface area contributed by atoms with E-state index in [1.54, 1.807) is 0 Å². The normalized spacial score (nSPS) is 9.67. The number of nitrogens with one attached hydrogen (secondary N) is 1. The van der Waals surface area contributed by atoms with Gasteiger partial charge >= 0.3 is 0 Å². The van der Waals surface area contributed by atoms with E-state index < -0.39 is 0 Å². The summed E-state index contributed by atoms with van der Waals surface area (Å²) in [6, 6.07) is 3.79. The predicted molar refractivity (Wildman–Crippen MR) is 37.5 cm³/mol. The van der Waals surface area contributed by atoms with Gasteiger partial charge in [-0.05, 0) is 0 Å². The summed E-state index contributed by atoms with van der Waals surface area (Å²) in [7, 11) is 0. The van der Waals surface area contributed by atoms with Crippen molar-refractivity contribution in [2.75, 3.05) is 0 Å². The molecule has 1 rings (SSSR count). The fraction of sp³-hybridized carbons (Fsp3) is 0.286. The van der Waals surface area contributed by atoms with Gasteiger partial charge in [0.2, 0.25) is 0 Å². The summed E-state index contributed by atoms with van der Waals surface area (Å²) in [6.45, 7) is 3.97. The molecule has 1 aromatic heterocycles. The van der Waals surface area contributed by atoms with Crippen molar-refractivity contribution in [1.82, 2.24) is 0 Å². The van der Waals surface area contributed by atoms with Crippen molar-refractivity contribution in [3.05, 3.63) is 28.5 Å². The second-order valence-electron chi connectivity index (χ2n) is 2.16. The fourth-order valence-electron chi connectivity index (χ4n) is 0.839. The first-order chi connectivity index (χ1) is 4.18. The molecule has 0 bridgehead atoms. The Bertz CT molecular complexity index is 170. The molecule has 1 heterocycles. The monoisotopic (exact) mass is 142 g/mol. The largest absolute Gasteiger partial charge is 0.213 e. The molecule has 2 heteroatoms. The summed E-state index contributed by atoms with van der Waals surface area (Å²) in [4.78, 5) is 3.13. The maximum atomic E-state index is 5.73. The van der Waals surface area contributed by atoms with Gasteiger partial charge in [0.05, 0.1) is 5.02 Å². The zero-order chi connectivity index (χ0) is 6.85. The Kier molecular flexibility index (Phi) is 1.72. The van der Waals surface area contributed by atoms with Crippen LogP contribution >= 0.6 is 11.6 Å². The Morgan fingerprint density at radius 3 is 2.00 bits per heavy atom. The number of H-pyrrole nitrogens is 1. The molecule has 48 valence electrons. The van der Waals surface area contributed by atoms with Crippen LogP contribution in [0.4, 0.5) is 0 Å². The molecule has 1 N–H and O–H groups in total. The fourth-order valence-corrected chi connectivity index (χ4v) is 1.17. The maximum Gasteiger partial charge on any atom is 0.178 e. The maximum absolute atomic E-state index is 5.73. The molecule has 1 aromatic rings. The first-order valence-electron chi connectivity index (χ1n) is 2.84. The molecule has 0 saturated heterocycles. The van der Waals surface area contributed by atoms with Crippen LogP contribution in [0.15, 0.2) is 12.1 Å². The Hall–Kier alpha value is -0.560. The molecular weight excluding hydrogens is 134 g/mol. The zero-order valence-electron chi connectivity index (χ0n) is 5.53. The average Bonchev–Trinajstić information content (AvgIpc) is 1.59. The van der Waals surface area contributed by atoms with Gasteiger partial charge in [-0.2, -0.15) is 0 Å². The smallest absolute Gasteiger partial charge is 0.178 e. The van der Waals surface area contributed by atoms with E-state index in [4.69, 9.17) is 11.6 Å². The summed E-state index contributed by atoms with van der Waals surface area (Å²) in [5.41, 5.74) is 2.19. The summed E-state index contributed by atoms with van der Waals surface area (Å²) >= 11 is 5.73. The van der Waals surface area contributed by atoms with E-state index >= 15 is 0 Å². The summed E-state index contributed by atoms with van der Waals surface area (Å²) in [5, 5.41) is 0.795. The van der Waals surface area contributed by atoms with Gasteiger partial charge < -0.3 is 0 Å². The molecule has 0 spiro atoms. The number of aromatic amines is 1. The first kappa shape index (κ1) is 6.56. The third-order valence-electron chi connectivity index (χ3n) is 1.10. The van der Waals surface area contributed by atoms with Gasteiger partial charge in [-0.25, -0.2) is 4.98 Å². The van der Waals surface area contributed by atoms with Crippen LogP contribution in [0.1, 0.15) is 11.4 Å². The molecule has 0 radical (unpaired) electrons. The molecule has 0 aliphatic heterocycles. The lowest BCUT2D eigenvalue weighted by Gasteiger charge is -1.87. The number of halogens is 1. The lowest BCUT2D eigenvalue weighted by atomic mass is 10.3. The van der Waals surface area contributed by atoms with Crippen LogP contribution in [0.3, 0.4) is 0 Å². The molecule has 1 nitrogen and oxygen atoms in total. The van der Waals surface area contributed by atoms with E-state index in [9.17, 15) is 0 Å². The second kappa shape index (κ2) is 2.36. The van der Waals surface area contributed by atoms with Crippen LogP contribution in [-0.4, -0.2) is 0 Å². The highest BCUT2D eigenvalue weighted by atomic mass is 35.5. The quantitative estimate of drug-likeness (QED) is 0.524. The van der Waals surface area contributed by atoms with Crippen molar-refractivity contribution < 1.29 is 4.98 Å². The van der Waals surface area contributed by atoms with Crippen molar-refractivity contribution >= 4 is 11.6 Å². The molecule has 0 unspecified atom stereocenters. The Balaban J connectivity index is 3.17. The third kappa shape index (κ3) is 1.68. The molecule has 0 aromatic carbocycles. The SMILES string of the molecule is Cc1cc(Cl)cc(C)[nH+]1. The van der Waals surface area contributed by atoms with E-state index in [1.807, 2.05) is 26.0 Å². The summed E-state index contributed by atoms with van der Waals surface area (Å²) in [6.07, 6.45) is 0. The minimum Gasteiger partial charge on any atom is -0.213 e. The third-order valence-corrected chi connectivity index (χ3v) is 1.32. The van der Waals surface area contributed by atoms with E-state index in [2.05, 4.69) is 4.98 Å². The van der Waals surface area contributed by atoms with Gasteiger partial charge in [0.15, 0.2) is 11.4 Å². The van der Waals surface area contributed by atoms with Crippen molar-refractivity contribution in [2.45, 2.75) is 13.8 Å². The van der Waals surface area contributed by atoms with Gasteiger partial charge in [0.25, 0.3) is 0 Å². The second-order valence-corrected chi connectivity index (χ2v) is 2.60. The van der Waals surface area contributed by atoms with Crippen LogP contribution in [0, 0.1) is 13.8 Å². The van der Waals surface area contributed by atoms with Gasteiger partial charge in [-0.3, -0.25) is 0 Å². The lowest BCUT2D eigenvalue weighted by Crippen LogP contribution is -2.10. The van der Waals surface area contributed by atoms with E-state index in [-0.39, 0.29) is 0 Å². The van der Waals surface area contributed by atoms with Crippen LogP contribution < -0.4 is 4.98 Å². The molecule has 0 atom stereocenters. The zero-order valence-corrected chi connectivity index (χ0v) is 6.29. The number of rotatable bonds is 0. The predicted octanol–water partition coefficient (Wildman–Crippen LogP) is 1.77. The van der Waals surface area contributed by atoms with E-state index in [1.165, 1.54) is 0 Å². The highest BCUT2D eigenvalue weighted by molar-refractivity contribution is 6.30. The lowest BCUT2D eigenvalue weighted by molar-refractivity contribution is -0.396. The van der Waals surface area contributed by atoms with Crippen LogP contribution in [0.5, 0.6) is 0 Å². The Morgan fingerprint density at radius 1 is 1.22 bits per heavy atom. The average molecular weight is 143 g/mol. The Morgan fingerprint density at radius 2 is 1.67 bits per heavy atom. The molecular formula is C7H9ClN+. The number of aromatic nitrogens is 1. The molecule has 0 aliphatic rings. The van der Waals surface area contributed by atoms with Crippen LogP contribution in [0.25, 0.3) is 0 Å². The molecule has 0 fully saturated rings. The summed E-state index contributed by atoms with van der Waals surface area (Å²) < 4.78 is 0. The van der Waals surface area contributed by atoms with Crippen molar-refractivity contribution in [2.24, 2.45) is 0 Å². The van der Waals surface area contributed by atoms with E-state index in [0.717, 1.165) is 16.4 Å². The minimum absolute atomic E-state index is 0.795. The molecule has 0 aliphatic carbocycles. The van der Waals surface area contributed by atoms with Gasteiger partial charge in [-0.15, -0.1) is 0 Å². The highest BCUT2D eigenvalue weighted by Crippen LogP contribution is 2.06. The number of hydrogen-bond donors (Lipinski definition) is 0. The molecule has 0 amide bonds. The van der Waals surface area contributed by atoms with Crippen molar-refractivity contribution in [3.63, 3.8) is 0 Å². The number of aryl methyl sites for hydroxylation is 2. The van der Waals surface area contributed by atoms with Crippen molar-refractivity contribution in [1.29, 1.82) is 0 Å². The standard InChI is InChI=1S/C7H8ClN/c1-5-3-7(8)4-6(2)9-5/h3-4H,1-2H3/p+1. The van der Waals surface area contributed by atoms with Crippen LogP contribution in [0.2, 0.25) is 5.02 Å². The van der Waals surface area contributed by atoms with Crippen molar-refractivity contribution in [3.8, 4) is 0 Å². The minimum atomic E-state index is 0.795. The molecule has 0 saturated carbocycles. The van der Waals surface area contributed by atoms with Gasteiger partial charge in [-0.1, -0.05) is 11.6 Å². The van der Waals surface area contributed by atoms with E-state index in [0.29, 0.717) is 0 Å². The number of pyridine rings is 1. The van der Waals surface area contributed by atoms with Crippen LogP contribution in [-0.2, 0) is 0 Å². The Labute approximate surface area is 59.7 Å².